The van der Waals surface area contributed by atoms with Crippen molar-refractivity contribution in [2.45, 2.75) is 0 Å². The number of rotatable bonds is 8. The highest BCUT2D eigenvalue weighted by Crippen LogP contribution is 2.34. The Morgan fingerprint density at radius 1 is 1.12 bits per heavy atom. The van der Waals surface area contributed by atoms with Crippen molar-refractivity contribution in [3.63, 3.8) is 0 Å². The highest BCUT2D eigenvalue weighted by molar-refractivity contribution is 6.08. The summed E-state index contributed by atoms with van der Waals surface area (Å²) >= 11 is 0. The van der Waals surface area contributed by atoms with E-state index in [-0.39, 0.29) is 29.6 Å². The number of phenols is 1. The molecular weight excluding hydrogens is 320 g/mol. The van der Waals surface area contributed by atoms with Gasteiger partial charge < -0.3 is 19.3 Å². The summed E-state index contributed by atoms with van der Waals surface area (Å²) in [6.45, 7) is -0.0511. The van der Waals surface area contributed by atoms with Gasteiger partial charge in [0, 0.05) is 19.2 Å². The number of hydrogen-bond donors (Lipinski definition) is 1. The zero-order valence-corrected chi connectivity index (χ0v) is 14.1. The largest absolute Gasteiger partial charge is 0.507 e. The van der Waals surface area contributed by atoms with Crippen LogP contribution in [-0.2, 0) is 4.74 Å². The number of aromatic hydroxyl groups is 1. The predicted octanol–water partition coefficient (Wildman–Crippen LogP) is 3.84. The van der Waals surface area contributed by atoms with Crippen LogP contribution < -0.4 is 9.47 Å². The molecule has 0 saturated heterocycles. The quantitative estimate of drug-likeness (QED) is 0.342. The second-order valence-corrected chi connectivity index (χ2v) is 5.06. The summed E-state index contributed by atoms with van der Waals surface area (Å²) in [5.74, 6) is -0.0235. The van der Waals surface area contributed by atoms with Crippen LogP contribution in [0.5, 0.6) is 17.2 Å². The van der Waals surface area contributed by atoms with E-state index < -0.39 is 0 Å². The van der Waals surface area contributed by atoms with Gasteiger partial charge in [-0.2, -0.15) is 0 Å². The Labute approximate surface area is 146 Å². The van der Waals surface area contributed by atoms with Gasteiger partial charge in [0.05, 0.1) is 7.11 Å². The van der Waals surface area contributed by atoms with Gasteiger partial charge in [0.1, 0.15) is 22.8 Å². The smallest absolute Gasteiger partial charge is 0.193 e. The van der Waals surface area contributed by atoms with Crippen molar-refractivity contribution in [1.82, 2.24) is 0 Å². The molecule has 2 rings (SSSR count). The first-order chi connectivity index (χ1) is 12.2. The fourth-order valence-electron chi connectivity index (χ4n) is 2.14. The third-order valence-corrected chi connectivity index (χ3v) is 3.32. The minimum absolute atomic E-state index is 0.0511. The fourth-order valence-corrected chi connectivity index (χ4v) is 2.14. The maximum atomic E-state index is 12.4. The molecule has 0 aliphatic heterocycles. The van der Waals surface area contributed by atoms with E-state index in [2.05, 4.69) is 0 Å². The number of hydrogen-bond acceptors (Lipinski definition) is 5. The topological polar surface area (TPSA) is 65.0 Å². The molecule has 0 aromatic heterocycles. The predicted molar refractivity (Wildman–Crippen MR) is 96.1 cm³/mol. The third-order valence-electron chi connectivity index (χ3n) is 3.32. The van der Waals surface area contributed by atoms with Gasteiger partial charge in [0.2, 0.25) is 0 Å². The van der Waals surface area contributed by atoms with Gasteiger partial charge in [-0.1, -0.05) is 48.6 Å². The Hall–Kier alpha value is -3.05. The lowest BCUT2D eigenvalue weighted by Crippen LogP contribution is -2.05. The standard InChI is InChI=1S/C20H20O5/c1-23-14-25-19-13-16(24-2)12-18(22)20(19)17(21)11-7-6-10-15-8-4-3-5-9-15/h3-13,22H,14H2,1-2H3/b10-6+,11-7+. The Morgan fingerprint density at radius 3 is 2.56 bits per heavy atom. The zero-order chi connectivity index (χ0) is 18.1. The fraction of sp³-hybridized carbons (Fsp3) is 0.150. The molecular formula is C20H20O5. The van der Waals surface area contributed by atoms with Crippen LogP contribution in [-0.4, -0.2) is 31.9 Å². The van der Waals surface area contributed by atoms with E-state index in [4.69, 9.17) is 14.2 Å². The van der Waals surface area contributed by atoms with Gasteiger partial charge in [-0.15, -0.1) is 0 Å². The first-order valence-electron chi connectivity index (χ1n) is 7.62. The first-order valence-corrected chi connectivity index (χ1v) is 7.62. The summed E-state index contributed by atoms with van der Waals surface area (Å²) in [7, 11) is 2.93. The van der Waals surface area contributed by atoms with Crippen LogP contribution in [0.25, 0.3) is 6.08 Å². The number of phenolic OH excluding ortho intramolecular Hbond substituents is 1. The molecule has 0 aliphatic rings. The van der Waals surface area contributed by atoms with Crippen LogP contribution in [0, 0.1) is 0 Å². The first kappa shape index (κ1) is 18.3. The molecule has 0 bridgehead atoms. The molecule has 2 aromatic rings. The second-order valence-electron chi connectivity index (χ2n) is 5.06. The molecule has 0 atom stereocenters. The number of ketones is 1. The number of ether oxygens (including phenoxy) is 3. The van der Waals surface area contributed by atoms with Gasteiger partial charge in [-0.25, -0.2) is 0 Å². The molecule has 1 N–H and O–H groups in total. The maximum Gasteiger partial charge on any atom is 0.193 e. The van der Waals surface area contributed by atoms with Gasteiger partial charge in [-0.3, -0.25) is 4.79 Å². The summed E-state index contributed by atoms with van der Waals surface area (Å²) in [4.78, 5) is 12.4. The number of carbonyl (C=O) groups is 1. The molecule has 2 aromatic carbocycles. The lowest BCUT2D eigenvalue weighted by atomic mass is 10.1. The van der Waals surface area contributed by atoms with E-state index in [1.165, 1.54) is 32.4 Å². The van der Waals surface area contributed by atoms with Gasteiger partial charge >= 0.3 is 0 Å². The SMILES string of the molecule is COCOc1cc(OC)cc(O)c1C(=O)/C=C/C=C/c1ccccc1. The molecule has 130 valence electrons. The maximum absolute atomic E-state index is 12.4. The monoisotopic (exact) mass is 340 g/mol. The van der Waals surface area contributed by atoms with Gasteiger partial charge in [0.15, 0.2) is 12.6 Å². The Balaban J connectivity index is 2.19. The summed E-state index contributed by atoms with van der Waals surface area (Å²) < 4.78 is 15.3. The van der Waals surface area contributed by atoms with E-state index in [1.807, 2.05) is 36.4 Å². The van der Waals surface area contributed by atoms with Gasteiger partial charge in [-0.05, 0) is 11.6 Å². The molecule has 0 radical (unpaired) electrons. The van der Waals surface area contributed by atoms with Crippen molar-refractivity contribution >= 4 is 11.9 Å². The molecule has 25 heavy (non-hydrogen) atoms. The number of allylic oxidation sites excluding steroid dienone is 3. The van der Waals surface area contributed by atoms with Crippen molar-refractivity contribution in [2.75, 3.05) is 21.0 Å². The molecule has 0 amide bonds. The van der Waals surface area contributed by atoms with Crippen molar-refractivity contribution < 1.29 is 24.1 Å². The minimum Gasteiger partial charge on any atom is -0.507 e. The molecule has 5 heteroatoms. The normalized spacial score (nSPS) is 11.1. The summed E-state index contributed by atoms with van der Waals surface area (Å²) in [5, 5.41) is 10.1. The summed E-state index contributed by atoms with van der Waals surface area (Å²) in [6, 6.07) is 12.6. The van der Waals surface area contributed by atoms with Gasteiger partial charge in [0.25, 0.3) is 0 Å². The zero-order valence-electron chi connectivity index (χ0n) is 14.1. The molecule has 5 nitrogen and oxygen atoms in total. The molecule has 0 fully saturated rings. The van der Waals surface area contributed by atoms with Crippen molar-refractivity contribution in [3.05, 3.63) is 71.8 Å². The average Bonchev–Trinajstić information content (AvgIpc) is 2.63. The molecule has 0 heterocycles. The van der Waals surface area contributed by atoms with Crippen LogP contribution in [0.2, 0.25) is 0 Å². The average molecular weight is 340 g/mol. The van der Waals surface area contributed by atoms with E-state index in [1.54, 1.807) is 12.2 Å². The van der Waals surface area contributed by atoms with Crippen LogP contribution >= 0.6 is 0 Å². The molecule has 0 unspecified atom stereocenters. The lowest BCUT2D eigenvalue weighted by Gasteiger charge is -2.12. The number of carbonyl (C=O) groups excluding carboxylic acids is 1. The van der Waals surface area contributed by atoms with Crippen molar-refractivity contribution in [1.29, 1.82) is 0 Å². The molecule has 0 saturated carbocycles. The lowest BCUT2D eigenvalue weighted by molar-refractivity contribution is 0.0500. The highest BCUT2D eigenvalue weighted by Gasteiger charge is 2.17. The number of benzene rings is 2. The molecule has 0 aliphatic carbocycles. The minimum atomic E-state index is -0.385. The summed E-state index contributed by atoms with van der Waals surface area (Å²) in [5.41, 5.74) is 1.08. The Morgan fingerprint density at radius 2 is 1.88 bits per heavy atom. The van der Waals surface area contributed by atoms with Crippen LogP contribution in [0.15, 0.2) is 60.7 Å². The number of methoxy groups -OCH3 is 2. The third kappa shape index (κ3) is 5.22. The Bertz CT molecular complexity index is 763. The van der Waals surface area contributed by atoms with Crippen LogP contribution in [0.3, 0.4) is 0 Å². The highest BCUT2D eigenvalue weighted by atomic mass is 16.7. The molecule has 0 spiro atoms. The summed E-state index contributed by atoms with van der Waals surface area (Å²) in [6.07, 6.45) is 6.60. The van der Waals surface area contributed by atoms with Crippen molar-refractivity contribution in [3.8, 4) is 17.2 Å². The van der Waals surface area contributed by atoms with E-state index >= 15 is 0 Å². The Kier molecular flexibility index (Phi) is 6.80. The van der Waals surface area contributed by atoms with Crippen LogP contribution in [0.4, 0.5) is 0 Å². The van der Waals surface area contributed by atoms with E-state index in [0.717, 1.165) is 5.56 Å². The second kappa shape index (κ2) is 9.30. The van der Waals surface area contributed by atoms with Crippen molar-refractivity contribution in [2.24, 2.45) is 0 Å². The van der Waals surface area contributed by atoms with Crippen LogP contribution in [0.1, 0.15) is 15.9 Å². The van der Waals surface area contributed by atoms with E-state index in [9.17, 15) is 9.90 Å². The van der Waals surface area contributed by atoms with E-state index in [0.29, 0.717) is 5.75 Å².